The monoisotopic (exact) mass is 312 g/mol. The molecule has 1 aliphatic heterocycles. The zero-order chi connectivity index (χ0) is 15.2. The summed E-state index contributed by atoms with van der Waals surface area (Å²) in [6.07, 6.45) is 6.48. The van der Waals surface area contributed by atoms with Crippen LogP contribution < -0.4 is 0 Å². The Labute approximate surface area is 130 Å². The van der Waals surface area contributed by atoms with Crippen molar-refractivity contribution in [3.05, 3.63) is 11.8 Å². The highest BCUT2D eigenvalue weighted by Crippen LogP contribution is 2.22. The van der Waals surface area contributed by atoms with Crippen LogP contribution in [0.4, 0.5) is 0 Å². The third-order valence-electron chi connectivity index (χ3n) is 4.09. The number of rotatable bonds is 5. The maximum absolute atomic E-state index is 12.6. The van der Waals surface area contributed by atoms with E-state index in [0.29, 0.717) is 18.8 Å². The first-order valence-corrected chi connectivity index (χ1v) is 8.83. The van der Waals surface area contributed by atoms with Crippen molar-refractivity contribution in [3.63, 3.8) is 0 Å². The van der Waals surface area contributed by atoms with Crippen LogP contribution in [0.5, 0.6) is 0 Å². The van der Waals surface area contributed by atoms with Gasteiger partial charge in [0.05, 0.1) is 6.54 Å². The van der Waals surface area contributed by atoms with E-state index in [9.17, 15) is 14.7 Å². The second-order valence-electron chi connectivity index (χ2n) is 5.48. The summed E-state index contributed by atoms with van der Waals surface area (Å²) in [5, 5.41) is 9.27. The Morgan fingerprint density at radius 1 is 1.48 bits per heavy atom. The van der Waals surface area contributed by atoms with E-state index in [0.717, 1.165) is 30.7 Å². The average molecular weight is 312 g/mol. The molecule has 1 unspecified atom stereocenters. The molecular weight excluding hydrogens is 288 g/mol. The molecule has 118 valence electrons. The van der Waals surface area contributed by atoms with E-state index in [1.165, 1.54) is 6.42 Å². The van der Waals surface area contributed by atoms with Crippen LogP contribution in [0.25, 0.3) is 0 Å². The van der Waals surface area contributed by atoms with Crippen LogP contribution in [0.3, 0.4) is 0 Å². The number of carboxylic acids is 1. The Hall–Kier alpha value is -1.01. The molecule has 2 rings (SSSR count). The van der Waals surface area contributed by atoms with Crippen LogP contribution in [0.15, 0.2) is 11.8 Å². The van der Waals surface area contributed by atoms with Gasteiger partial charge in [0, 0.05) is 30.3 Å². The maximum atomic E-state index is 12.6. The van der Waals surface area contributed by atoms with Gasteiger partial charge in [-0.15, -0.1) is 0 Å². The zero-order valence-corrected chi connectivity index (χ0v) is 13.4. The molecule has 6 heteroatoms. The molecule has 1 saturated heterocycles. The van der Waals surface area contributed by atoms with E-state index in [-0.39, 0.29) is 12.5 Å². The van der Waals surface area contributed by atoms with E-state index < -0.39 is 12.0 Å². The van der Waals surface area contributed by atoms with Crippen molar-refractivity contribution in [2.45, 2.75) is 38.6 Å². The molecule has 2 aliphatic rings. The quantitative estimate of drug-likeness (QED) is 0.839. The van der Waals surface area contributed by atoms with Gasteiger partial charge >= 0.3 is 5.97 Å². The summed E-state index contributed by atoms with van der Waals surface area (Å²) in [6, 6.07) is -0.535. The number of hydrogen-bond donors (Lipinski definition) is 1. The van der Waals surface area contributed by atoms with Crippen LogP contribution in [0.1, 0.15) is 32.6 Å². The first-order valence-electron chi connectivity index (χ1n) is 7.67. The summed E-state index contributed by atoms with van der Waals surface area (Å²) >= 11 is 1.65. The SMILES string of the molecule is CCN(C(=O)CN1CCSCC1C(=O)O)C1=CCCCC1. The van der Waals surface area contributed by atoms with E-state index in [1.807, 2.05) is 16.7 Å². The normalized spacial score (nSPS) is 23.5. The molecule has 0 bridgehead atoms. The molecule has 0 aromatic carbocycles. The fraction of sp³-hybridized carbons (Fsp3) is 0.733. The Kier molecular flexibility index (Phi) is 6.11. The van der Waals surface area contributed by atoms with Crippen LogP contribution in [-0.2, 0) is 9.59 Å². The second kappa shape index (κ2) is 7.84. The Morgan fingerprint density at radius 2 is 2.29 bits per heavy atom. The van der Waals surface area contributed by atoms with Gasteiger partial charge in [0.2, 0.25) is 5.91 Å². The number of amides is 1. The molecule has 21 heavy (non-hydrogen) atoms. The van der Waals surface area contributed by atoms with Crippen molar-refractivity contribution >= 4 is 23.6 Å². The van der Waals surface area contributed by atoms with Crippen LogP contribution >= 0.6 is 11.8 Å². The minimum Gasteiger partial charge on any atom is -0.480 e. The molecule has 0 spiro atoms. The van der Waals surface area contributed by atoms with Gasteiger partial charge in [-0.1, -0.05) is 6.08 Å². The Bertz CT molecular complexity index is 425. The molecule has 1 amide bonds. The minimum atomic E-state index is -0.824. The number of thioether (sulfide) groups is 1. The van der Waals surface area contributed by atoms with Gasteiger partial charge in [0.15, 0.2) is 0 Å². The molecule has 1 N–H and O–H groups in total. The van der Waals surface area contributed by atoms with Crippen molar-refractivity contribution in [1.29, 1.82) is 0 Å². The molecule has 0 saturated carbocycles. The maximum Gasteiger partial charge on any atom is 0.321 e. The van der Waals surface area contributed by atoms with Gasteiger partial charge in [0.1, 0.15) is 6.04 Å². The lowest BCUT2D eigenvalue weighted by atomic mass is 10.0. The predicted molar refractivity (Wildman–Crippen MR) is 84.3 cm³/mol. The second-order valence-corrected chi connectivity index (χ2v) is 6.63. The number of carboxylic acid groups (broad SMARTS) is 1. The number of carbonyl (C=O) groups is 2. The van der Waals surface area contributed by atoms with Crippen LogP contribution in [-0.4, -0.2) is 64.0 Å². The number of aliphatic carboxylic acids is 1. The number of hydrogen-bond acceptors (Lipinski definition) is 4. The van der Waals surface area contributed by atoms with Gasteiger partial charge in [-0.3, -0.25) is 14.5 Å². The average Bonchev–Trinajstić information content (AvgIpc) is 2.49. The fourth-order valence-electron chi connectivity index (χ4n) is 2.92. The van der Waals surface area contributed by atoms with E-state index in [2.05, 4.69) is 6.08 Å². The predicted octanol–water partition coefficient (Wildman–Crippen LogP) is 1.79. The lowest BCUT2D eigenvalue weighted by Crippen LogP contribution is -2.51. The highest BCUT2D eigenvalue weighted by Gasteiger charge is 2.31. The summed E-state index contributed by atoms with van der Waals surface area (Å²) in [5.74, 6) is 0.669. The Balaban J connectivity index is 2.00. The van der Waals surface area contributed by atoms with Crippen molar-refractivity contribution < 1.29 is 14.7 Å². The standard InChI is InChI=1S/C15H24N2O3S/c1-2-17(12-6-4-3-5-7-12)14(18)10-16-8-9-21-11-13(16)15(19)20/h6,13H,2-5,7-11H2,1H3,(H,19,20). The van der Waals surface area contributed by atoms with E-state index >= 15 is 0 Å². The highest BCUT2D eigenvalue weighted by molar-refractivity contribution is 7.99. The summed E-state index contributed by atoms with van der Waals surface area (Å²) in [4.78, 5) is 27.5. The third-order valence-corrected chi connectivity index (χ3v) is 5.12. The number of nitrogens with zero attached hydrogens (tertiary/aromatic N) is 2. The molecular formula is C15H24N2O3S. The summed E-state index contributed by atoms with van der Waals surface area (Å²) in [5.41, 5.74) is 1.12. The topological polar surface area (TPSA) is 60.9 Å². The molecule has 1 fully saturated rings. The third kappa shape index (κ3) is 4.23. The van der Waals surface area contributed by atoms with Gasteiger partial charge in [0.25, 0.3) is 0 Å². The Morgan fingerprint density at radius 3 is 2.90 bits per heavy atom. The van der Waals surface area contributed by atoms with Gasteiger partial charge in [-0.2, -0.15) is 11.8 Å². The molecule has 1 atom stereocenters. The number of carbonyl (C=O) groups excluding carboxylic acids is 1. The first kappa shape index (κ1) is 16.4. The van der Waals surface area contributed by atoms with Crippen molar-refractivity contribution in [2.24, 2.45) is 0 Å². The first-order chi connectivity index (χ1) is 10.1. The van der Waals surface area contributed by atoms with Crippen LogP contribution in [0, 0.1) is 0 Å². The summed E-state index contributed by atoms with van der Waals surface area (Å²) in [6.45, 7) is 3.52. The number of allylic oxidation sites excluding steroid dienone is 2. The molecule has 1 heterocycles. The molecule has 0 aromatic heterocycles. The zero-order valence-electron chi connectivity index (χ0n) is 12.6. The lowest BCUT2D eigenvalue weighted by molar-refractivity contribution is -0.143. The molecule has 1 aliphatic carbocycles. The molecule has 0 radical (unpaired) electrons. The smallest absolute Gasteiger partial charge is 0.321 e. The molecule has 5 nitrogen and oxygen atoms in total. The van der Waals surface area contributed by atoms with Crippen molar-refractivity contribution in [3.8, 4) is 0 Å². The summed E-state index contributed by atoms with van der Waals surface area (Å²) in [7, 11) is 0. The highest BCUT2D eigenvalue weighted by atomic mass is 32.2. The van der Waals surface area contributed by atoms with Gasteiger partial charge in [-0.05, 0) is 32.6 Å². The minimum absolute atomic E-state index is 0.0313. The molecule has 0 aromatic rings. The van der Waals surface area contributed by atoms with E-state index in [4.69, 9.17) is 0 Å². The van der Waals surface area contributed by atoms with Crippen molar-refractivity contribution in [2.75, 3.05) is 31.1 Å². The number of likely N-dealkylation sites (N-methyl/N-ethyl adjacent to an activating group) is 1. The van der Waals surface area contributed by atoms with Crippen molar-refractivity contribution in [1.82, 2.24) is 9.80 Å². The van der Waals surface area contributed by atoms with Gasteiger partial charge < -0.3 is 10.0 Å². The van der Waals surface area contributed by atoms with Gasteiger partial charge in [-0.25, -0.2) is 0 Å². The fourth-order valence-corrected chi connectivity index (χ4v) is 4.03. The largest absolute Gasteiger partial charge is 0.480 e. The summed E-state index contributed by atoms with van der Waals surface area (Å²) < 4.78 is 0. The van der Waals surface area contributed by atoms with E-state index in [1.54, 1.807) is 11.8 Å². The lowest BCUT2D eigenvalue weighted by Gasteiger charge is -2.34. The van der Waals surface area contributed by atoms with Crippen LogP contribution in [0.2, 0.25) is 0 Å².